The summed E-state index contributed by atoms with van der Waals surface area (Å²) in [5.41, 5.74) is 0.737. The van der Waals surface area contributed by atoms with Crippen LogP contribution in [0.1, 0.15) is 126 Å². The topological polar surface area (TPSA) is 247 Å². The molecule has 21 nitrogen and oxygen atoms in total. The number of nitrogens with one attached hydrogen (secondary N) is 4. The number of benzene rings is 1. The van der Waals surface area contributed by atoms with Crippen LogP contribution in [0.2, 0.25) is 0 Å². The van der Waals surface area contributed by atoms with Crippen LogP contribution in [0.4, 0.5) is 0 Å². The van der Waals surface area contributed by atoms with Crippen molar-refractivity contribution in [3.8, 4) is 0 Å². The number of likely N-dealkylation sites (N-methyl/N-ethyl adjacent to an activating group) is 3. The van der Waals surface area contributed by atoms with Crippen molar-refractivity contribution < 1.29 is 52.7 Å². The lowest BCUT2D eigenvalue weighted by molar-refractivity contribution is -0.149. The van der Waals surface area contributed by atoms with E-state index in [1.54, 1.807) is 6.92 Å². The molecule has 5 rings (SSSR count). The molecule has 0 saturated carbocycles. The van der Waals surface area contributed by atoms with Crippen molar-refractivity contribution >= 4 is 59.1 Å². The van der Waals surface area contributed by atoms with Gasteiger partial charge in [0.1, 0.15) is 48.3 Å². The molecule has 8 atom stereocenters. The van der Waals surface area contributed by atoms with Crippen LogP contribution in [-0.2, 0) is 59.1 Å². The predicted molar refractivity (Wildman–Crippen MR) is 293 cm³/mol. The SMILES string of the molecule is CCN1CC(=O)NC(CC(C)C)C(=O)N2CCC[C@@H]2C(=O)N(C)[C@@H](CC(C)C)C(=O)N[C@@H](C)C(=O)N(CC2CCOCC2)CC(=O)N[C@@H](Cc2ccccc2)C(=O)N2CCC[C@@H]2C(=O)N(C)[C@@H](CC(C)C)C(=O)N[C@@H](C)C1=O. The lowest BCUT2D eigenvalue weighted by Gasteiger charge is -2.36. The van der Waals surface area contributed by atoms with Crippen LogP contribution in [0.5, 0.6) is 0 Å². The number of hydrogen-bond acceptors (Lipinski definition) is 11. The first-order valence-corrected chi connectivity index (χ1v) is 28.4. The molecule has 1 unspecified atom stereocenters. The van der Waals surface area contributed by atoms with E-state index in [9.17, 15) is 47.9 Å². The summed E-state index contributed by atoms with van der Waals surface area (Å²) in [4.78, 5) is 153. The summed E-state index contributed by atoms with van der Waals surface area (Å²) in [6.07, 6.45) is 3.56. The molecule has 10 amide bonds. The highest BCUT2D eigenvalue weighted by Crippen LogP contribution is 2.26. The molecule has 4 heterocycles. The highest BCUT2D eigenvalue weighted by Gasteiger charge is 2.44. The monoisotopic (exact) mass is 1090 g/mol. The predicted octanol–water partition coefficient (Wildman–Crippen LogP) is 2.10. The molecular weight excluding hydrogens is 1000 g/mol. The molecule has 4 saturated heterocycles. The molecule has 0 bridgehead atoms. The highest BCUT2D eigenvalue weighted by molar-refractivity contribution is 5.99. The van der Waals surface area contributed by atoms with Gasteiger partial charge in [-0.25, -0.2) is 0 Å². The van der Waals surface area contributed by atoms with Crippen molar-refractivity contribution in [2.45, 2.75) is 175 Å². The van der Waals surface area contributed by atoms with E-state index in [1.807, 2.05) is 71.9 Å². The Morgan fingerprint density at radius 3 is 1.44 bits per heavy atom. The van der Waals surface area contributed by atoms with Crippen molar-refractivity contribution in [2.24, 2.45) is 23.7 Å². The summed E-state index contributed by atoms with van der Waals surface area (Å²) in [5.74, 6) is -5.76. The smallest absolute Gasteiger partial charge is 0.246 e. The Morgan fingerprint density at radius 2 is 0.974 bits per heavy atom. The second-order valence-electron chi connectivity index (χ2n) is 23.2. The summed E-state index contributed by atoms with van der Waals surface area (Å²) in [7, 11) is 3.01. The Hall–Kier alpha value is -6.12. The van der Waals surface area contributed by atoms with E-state index in [-0.39, 0.29) is 75.5 Å². The molecule has 4 fully saturated rings. The summed E-state index contributed by atoms with van der Waals surface area (Å²) >= 11 is 0. The van der Waals surface area contributed by atoms with Crippen LogP contribution in [0.25, 0.3) is 0 Å². The summed E-state index contributed by atoms with van der Waals surface area (Å²) in [5, 5.41) is 11.4. The maximum atomic E-state index is 14.9. The lowest BCUT2D eigenvalue weighted by atomic mass is 9.99. The molecule has 4 aliphatic rings. The third-order valence-electron chi connectivity index (χ3n) is 15.5. The Labute approximate surface area is 462 Å². The summed E-state index contributed by atoms with van der Waals surface area (Å²) in [6.45, 7) is 16.9. The number of carbonyl (C=O) groups excluding carboxylic acids is 10. The van der Waals surface area contributed by atoms with Gasteiger partial charge < -0.3 is 55.4 Å². The number of fused-ring (bicyclic) bond motifs is 2. The zero-order chi connectivity index (χ0) is 57.5. The van der Waals surface area contributed by atoms with Gasteiger partial charge in [-0.15, -0.1) is 0 Å². The molecule has 0 radical (unpaired) electrons. The maximum Gasteiger partial charge on any atom is 0.246 e. The first-order valence-electron chi connectivity index (χ1n) is 28.4. The van der Waals surface area contributed by atoms with Crippen LogP contribution >= 0.6 is 0 Å². The van der Waals surface area contributed by atoms with Crippen molar-refractivity contribution in [1.29, 1.82) is 0 Å². The number of ether oxygens (including phenoxy) is 1. The Morgan fingerprint density at radius 1 is 0.538 bits per heavy atom. The fraction of sp³-hybridized carbons (Fsp3) is 0.719. The van der Waals surface area contributed by atoms with Crippen LogP contribution in [-0.4, -0.2) is 203 Å². The van der Waals surface area contributed by atoms with Gasteiger partial charge >= 0.3 is 0 Å². The fourth-order valence-electron chi connectivity index (χ4n) is 11.2. The largest absolute Gasteiger partial charge is 0.381 e. The molecule has 1 aromatic carbocycles. The van der Waals surface area contributed by atoms with Gasteiger partial charge in [-0.2, -0.15) is 0 Å². The van der Waals surface area contributed by atoms with Gasteiger partial charge in [-0.3, -0.25) is 47.9 Å². The van der Waals surface area contributed by atoms with E-state index < -0.39 is 120 Å². The van der Waals surface area contributed by atoms with Gasteiger partial charge in [-0.05, 0) is 108 Å². The quantitative estimate of drug-likeness (QED) is 0.250. The molecule has 0 aromatic heterocycles. The standard InChI is InChI=1S/C57H90N10O11/c1-12-64-33-48(68)60-42(28-35(2)3)54(74)66-24-16-20-44(66)56(76)63(11)47(30-37(6)7)51(71)59-39(9)53(73)65(32-41-22-26-78-27-23-41)34-49(69)61-43(31-40-18-14-13-15-19-40)55(75)67-25-17-21-45(67)57(77)62(10)46(29-36(4)5)50(70)58-38(8)52(64)72/h13-15,18-19,35-39,41-47H,12,16-17,20-34H2,1-11H3,(H,58,70)(H,59,71)(H,60,68)(H,61,69)/t38-,39-,42?,43-,44+,45+,46-,47-/m0/s1. The highest BCUT2D eigenvalue weighted by atomic mass is 16.5. The third kappa shape index (κ3) is 16.9. The van der Waals surface area contributed by atoms with E-state index >= 15 is 0 Å². The molecule has 21 heteroatoms. The second kappa shape index (κ2) is 29.2. The molecule has 0 aliphatic carbocycles. The lowest BCUT2D eigenvalue weighted by Crippen LogP contribution is -2.60. The van der Waals surface area contributed by atoms with Crippen LogP contribution in [0.3, 0.4) is 0 Å². The number of carbonyl (C=O) groups is 10. The number of nitrogens with zero attached hydrogens (tertiary/aromatic N) is 6. The zero-order valence-electron chi connectivity index (χ0n) is 48.2. The fourth-order valence-corrected chi connectivity index (χ4v) is 11.2. The van der Waals surface area contributed by atoms with Crippen molar-refractivity contribution in [2.75, 3.05) is 66.6 Å². The molecule has 4 N–H and O–H groups in total. The van der Waals surface area contributed by atoms with Crippen LogP contribution < -0.4 is 21.3 Å². The van der Waals surface area contributed by atoms with E-state index in [4.69, 9.17) is 4.74 Å². The molecule has 434 valence electrons. The number of rotatable bonds is 11. The Kier molecular flexibility index (Phi) is 23.5. The molecule has 1 aromatic rings. The zero-order valence-corrected chi connectivity index (χ0v) is 48.2. The average Bonchev–Trinajstić information content (AvgIpc) is 4.13. The van der Waals surface area contributed by atoms with E-state index in [0.29, 0.717) is 51.7 Å². The molecule has 4 aliphatic heterocycles. The number of amides is 10. The molecule has 78 heavy (non-hydrogen) atoms. The summed E-state index contributed by atoms with van der Waals surface area (Å²) in [6, 6.07) is 0.546. The molecular formula is C57H90N10O11. The normalized spacial score (nSPS) is 27.4. The van der Waals surface area contributed by atoms with Crippen molar-refractivity contribution in [1.82, 2.24) is 50.7 Å². The van der Waals surface area contributed by atoms with Gasteiger partial charge in [0.15, 0.2) is 0 Å². The first kappa shape index (κ1) is 62.7. The summed E-state index contributed by atoms with van der Waals surface area (Å²) < 4.78 is 5.61. The van der Waals surface area contributed by atoms with Gasteiger partial charge in [0.25, 0.3) is 0 Å². The average molecular weight is 1090 g/mol. The second-order valence-corrected chi connectivity index (χ2v) is 23.2. The Bertz CT molecular complexity index is 2270. The van der Waals surface area contributed by atoms with E-state index in [1.165, 1.54) is 57.3 Å². The van der Waals surface area contributed by atoms with Crippen molar-refractivity contribution in [3.63, 3.8) is 0 Å². The Balaban J connectivity index is 1.55. The van der Waals surface area contributed by atoms with E-state index in [2.05, 4.69) is 21.3 Å². The number of hydrogen-bond donors (Lipinski definition) is 4. The van der Waals surface area contributed by atoms with Gasteiger partial charge in [0.05, 0.1) is 13.1 Å². The minimum Gasteiger partial charge on any atom is -0.381 e. The van der Waals surface area contributed by atoms with Gasteiger partial charge in [0.2, 0.25) is 59.1 Å². The van der Waals surface area contributed by atoms with Gasteiger partial charge in [0, 0.05) is 59.9 Å². The van der Waals surface area contributed by atoms with Crippen LogP contribution in [0, 0.1) is 23.7 Å². The van der Waals surface area contributed by atoms with Gasteiger partial charge in [-0.1, -0.05) is 71.9 Å². The maximum absolute atomic E-state index is 14.9. The van der Waals surface area contributed by atoms with Crippen LogP contribution in [0.15, 0.2) is 30.3 Å². The third-order valence-corrected chi connectivity index (χ3v) is 15.5. The van der Waals surface area contributed by atoms with Crippen molar-refractivity contribution in [3.05, 3.63) is 35.9 Å². The first-order chi connectivity index (χ1) is 36.9. The molecule has 0 spiro atoms. The minimum absolute atomic E-state index is 0.0318. The minimum atomic E-state index is -1.17. The van der Waals surface area contributed by atoms with E-state index in [0.717, 1.165) is 5.56 Å².